The van der Waals surface area contributed by atoms with E-state index in [1.165, 1.54) is 30.7 Å². The van der Waals surface area contributed by atoms with Gasteiger partial charge in [-0.15, -0.1) is 0 Å². The topological polar surface area (TPSA) is 90.7 Å². The minimum Gasteiger partial charge on any atom is -0.493 e. The summed E-state index contributed by atoms with van der Waals surface area (Å²) in [7, 11) is 1.50. The number of carbonyl (C=O) groups excluding carboxylic acids is 2. The molecule has 0 bridgehead atoms. The van der Waals surface area contributed by atoms with Crippen LogP contribution in [0.5, 0.6) is 11.5 Å². The third-order valence-electron chi connectivity index (χ3n) is 4.61. The molecule has 0 unspecified atom stereocenters. The zero-order valence-electron chi connectivity index (χ0n) is 15.9. The van der Waals surface area contributed by atoms with Crippen molar-refractivity contribution in [1.82, 2.24) is 5.32 Å². The van der Waals surface area contributed by atoms with Gasteiger partial charge in [-0.25, -0.2) is 0 Å². The van der Waals surface area contributed by atoms with Crippen molar-refractivity contribution in [2.24, 2.45) is 5.73 Å². The summed E-state index contributed by atoms with van der Waals surface area (Å²) in [5.74, 6) is 0.140. The first kappa shape index (κ1) is 19.5. The first-order valence-electron chi connectivity index (χ1n) is 9.21. The van der Waals surface area contributed by atoms with Crippen molar-refractivity contribution in [3.8, 4) is 11.5 Å². The maximum Gasteiger partial charge on any atom is 0.255 e. The van der Waals surface area contributed by atoms with Gasteiger partial charge in [-0.2, -0.15) is 0 Å². The van der Waals surface area contributed by atoms with Crippen molar-refractivity contribution >= 4 is 17.9 Å². The van der Waals surface area contributed by atoms with E-state index in [4.69, 9.17) is 15.2 Å². The van der Waals surface area contributed by atoms with Crippen molar-refractivity contribution in [2.45, 2.75) is 25.8 Å². The van der Waals surface area contributed by atoms with Crippen LogP contribution in [0.4, 0.5) is 0 Å². The molecule has 0 heterocycles. The zero-order chi connectivity index (χ0) is 19.9. The van der Waals surface area contributed by atoms with E-state index in [9.17, 15) is 9.59 Å². The van der Waals surface area contributed by atoms with Gasteiger partial charge in [0.2, 0.25) is 5.91 Å². The smallest absolute Gasteiger partial charge is 0.255 e. The summed E-state index contributed by atoms with van der Waals surface area (Å²) in [5, 5.41) is 2.90. The number of carbonyl (C=O) groups is 2. The lowest BCUT2D eigenvalue weighted by molar-refractivity contribution is -0.120. The molecule has 6 nitrogen and oxygen atoms in total. The van der Waals surface area contributed by atoms with E-state index in [0.29, 0.717) is 18.0 Å². The summed E-state index contributed by atoms with van der Waals surface area (Å²) in [4.78, 5) is 23.0. The molecule has 0 saturated heterocycles. The largest absolute Gasteiger partial charge is 0.493 e. The Morgan fingerprint density at radius 1 is 1.11 bits per heavy atom. The zero-order valence-corrected chi connectivity index (χ0v) is 15.9. The Labute approximate surface area is 164 Å². The van der Waals surface area contributed by atoms with Crippen LogP contribution in [0.15, 0.2) is 42.5 Å². The van der Waals surface area contributed by atoms with Gasteiger partial charge in [0, 0.05) is 12.6 Å². The molecule has 2 aromatic carbocycles. The van der Waals surface area contributed by atoms with Crippen LogP contribution in [0, 0.1) is 0 Å². The maximum absolute atomic E-state index is 12.1. The maximum atomic E-state index is 12.1. The summed E-state index contributed by atoms with van der Waals surface area (Å²) in [6.45, 7) is 0.274. The lowest BCUT2D eigenvalue weighted by Gasteiger charge is -2.10. The van der Waals surface area contributed by atoms with Crippen molar-refractivity contribution in [3.05, 3.63) is 64.7 Å². The molecule has 0 aromatic heterocycles. The van der Waals surface area contributed by atoms with E-state index in [-0.39, 0.29) is 12.5 Å². The SMILES string of the molecule is COc1cc(C=CC(=O)NCc2ccc3c(c2)CCC3)ccc1OCC(N)=O. The van der Waals surface area contributed by atoms with Crippen LogP contribution in [-0.2, 0) is 29.0 Å². The van der Waals surface area contributed by atoms with Gasteiger partial charge in [0.1, 0.15) is 0 Å². The molecule has 0 radical (unpaired) electrons. The normalized spacial score (nSPS) is 12.6. The molecule has 0 aliphatic heterocycles. The summed E-state index contributed by atoms with van der Waals surface area (Å²) in [6, 6.07) is 11.6. The van der Waals surface area contributed by atoms with Crippen LogP contribution in [0.1, 0.15) is 28.7 Å². The number of methoxy groups -OCH3 is 1. The van der Waals surface area contributed by atoms with Crippen LogP contribution in [0.2, 0.25) is 0 Å². The van der Waals surface area contributed by atoms with E-state index in [1.54, 1.807) is 24.3 Å². The highest BCUT2D eigenvalue weighted by atomic mass is 16.5. The molecule has 2 aromatic rings. The Morgan fingerprint density at radius 3 is 2.71 bits per heavy atom. The number of primary amides is 1. The second-order valence-corrected chi connectivity index (χ2v) is 6.67. The number of rotatable bonds is 8. The number of fused-ring (bicyclic) bond motifs is 1. The molecule has 1 aliphatic rings. The van der Waals surface area contributed by atoms with Gasteiger partial charge in [-0.05, 0) is 59.7 Å². The molecular weight excluding hydrogens is 356 g/mol. The minimum absolute atomic E-state index is 0.173. The number of ether oxygens (including phenoxy) is 2. The van der Waals surface area contributed by atoms with E-state index >= 15 is 0 Å². The molecule has 0 saturated carbocycles. The molecule has 6 heteroatoms. The Kier molecular flexibility index (Phi) is 6.32. The van der Waals surface area contributed by atoms with Crippen molar-refractivity contribution < 1.29 is 19.1 Å². The molecule has 1 aliphatic carbocycles. The molecule has 146 valence electrons. The predicted molar refractivity (Wildman–Crippen MR) is 107 cm³/mol. The van der Waals surface area contributed by atoms with Crippen LogP contribution in [-0.4, -0.2) is 25.5 Å². The lowest BCUT2D eigenvalue weighted by Crippen LogP contribution is -2.20. The number of nitrogens with two attached hydrogens (primary N) is 1. The summed E-state index contributed by atoms with van der Waals surface area (Å²) in [6.07, 6.45) is 6.66. The fourth-order valence-corrected chi connectivity index (χ4v) is 3.21. The molecule has 2 amide bonds. The standard InChI is InChI=1S/C22H24N2O4/c1-27-20-12-15(6-9-19(20)28-14-21(23)25)7-10-22(26)24-13-16-5-8-17-3-2-4-18(17)11-16/h5-12H,2-4,13-14H2,1H3,(H2,23,25)(H,24,26). The van der Waals surface area contributed by atoms with Crippen LogP contribution in [0.25, 0.3) is 6.08 Å². The minimum atomic E-state index is -0.564. The highest BCUT2D eigenvalue weighted by Crippen LogP contribution is 2.28. The van der Waals surface area contributed by atoms with Crippen molar-refractivity contribution in [1.29, 1.82) is 0 Å². The van der Waals surface area contributed by atoms with Gasteiger partial charge >= 0.3 is 0 Å². The Morgan fingerprint density at radius 2 is 1.93 bits per heavy atom. The lowest BCUT2D eigenvalue weighted by atomic mass is 10.1. The molecular formula is C22H24N2O4. The molecule has 0 atom stereocenters. The fraction of sp³-hybridized carbons (Fsp3) is 0.273. The third kappa shape index (κ3) is 5.13. The number of hydrogen-bond acceptors (Lipinski definition) is 4. The van der Waals surface area contributed by atoms with Gasteiger partial charge in [-0.1, -0.05) is 24.3 Å². The number of hydrogen-bond donors (Lipinski definition) is 2. The molecule has 0 fully saturated rings. The quantitative estimate of drug-likeness (QED) is 0.688. The second-order valence-electron chi connectivity index (χ2n) is 6.67. The number of benzene rings is 2. The molecule has 3 rings (SSSR count). The molecule has 3 N–H and O–H groups in total. The van der Waals surface area contributed by atoms with E-state index in [2.05, 4.69) is 23.5 Å². The van der Waals surface area contributed by atoms with E-state index < -0.39 is 5.91 Å². The van der Waals surface area contributed by atoms with Crippen molar-refractivity contribution in [3.63, 3.8) is 0 Å². The summed E-state index contributed by atoms with van der Waals surface area (Å²) in [5.41, 5.74) is 9.78. The summed E-state index contributed by atoms with van der Waals surface area (Å²) >= 11 is 0. The highest BCUT2D eigenvalue weighted by molar-refractivity contribution is 5.91. The molecule has 0 spiro atoms. The van der Waals surface area contributed by atoms with Gasteiger partial charge in [0.05, 0.1) is 7.11 Å². The average molecular weight is 380 g/mol. The Balaban J connectivity index is 1.56. The first-order chi connectivity index (χ1) is 13.5. The Hall–Kier alpha value is -3.28. The number of aryl methyl sites for hydroxylation is 2. The highest BCUT2D eigenvalue weighted by Gasteiger charge is 2.11. The van der Waals surface area contributed by atoms with E-state index in [1.807, 2.05) is 0 Å². The van der Waals surface area contributed by atoms with Gasteiger partial charge in [-0.3, -0.25) is 9.59 Å². The molecule has 28 heavy (non-hydrogen) atoms. The summed E-state index contributed by atoms with van der Waals surface area (Å²) < 4.78 is 10.5. The fourth-order valence-electron chi connectivity index (χ4n) is 3.21. The predicted octanol–water partition coefficient (Wildman–Crippen LogP) is 2.38. The number of amides is 2. The van der Waals surface area contributed by atoms with Gasteiger partial charge in [0.25, 0.3) is 5.91 Å². The van der Waals surface area contributed by atoms with Crippen molar-refractivity contribution in [2.75, 3.05) is 13.7 Å². The van der Waals surface area contributed by atoms with E-state index in [0.717, 1.165) is 24.0 Å². The van der Waals surface area contributed by atoms with Gasteiger partial charge in [0.15, 0.2) is 18.1 Å². The van der Waals surface area contributed by atoms with Crippen LogP contribution >= 0.6 is 0 Å². The second kappa shape index (κ2) is 9.08. The van der Waals surface area contributed by atoms with Crippen LogP contribution < -0.4 is 20.5 Å². The first-order valence-corrected chi connectivity index (χ1v) is 9.21. The average Bonchev–Trinajstić information content (AvgIpc) is 3.17. The van der Waals surface area contributed by atoms with Gasteiger partial charge < -0.3 is 20.5 Å². The third-order valence-corrected chi connectivity index (χ3v) is 4.61. The number of nitrogens with one attached hydrogen (secondary N) is 1. The van der Waals surface area contributed by atoms with Crippen LogP contribution in [0.3, 0.4) is 0 Å². The monoisotopic (exact) mass is 380 g/mol. The Bertz CT molecular complexity index is 905.